The van der Waals surface area contributed by atoms with Crippen LogP contribution < -0.4 is 15.2 Å². The number of rotatable bonds is 5. The number of hydrogen-bond acceptors (Lipinski definition) is 5. The van der Waals surface area contributed by atoms with Gasteiger partial charge in [0.15, 0.2) is 0 Å². The van der Waals surface area contributed by atoms with Crippen molar-refractivity contribution in [3.05, 3.63) is 18.2 Å². The smallest absolute Gasteiger partial charge is 0.238 e. The minimum atomic E-state index is -3.71. The quantitative estimate of drug-likeness (QED) is 0.854. The first-order chi connectivity index (χ1) is 9.91. The Morgan fingerprint density at radius 2 is 2.19 bits per heavy atom. The summed E-state index contributed by atoms with van der Waals surface area (Å²) in [6.45, 7) is 1.85. The summed E-state index contributed by atoms with van der Waals surface area (Å²) in [6, 6.07) is 5.04. The molecule has 1 atom stereocenters. The van der Waals surface area contributed by atoms with Crippen LogP contribution in [0.25, 0.3) is 0 Å². The average molecular weight is 313 g/mol. The first-order valence-electron chi connectivity index (χ1n) is 7.07. The lowest BCUT2D eigenvalue weighted by Gasteiger charge is -2.32. The lowest BCUT2D eigenvalue weighted by molar-refractivity contribution is 0.194. The van der Waals surface area contributed by atoms with Crippen LogP contribution in [0.1, 0.15) is 19.3 Å². The topological polar surface area (TPSA) is 84.7 Å². The van der Waals surface area contributed by atoms with Gasteiger partial charge in [0.2, 0.25) is 10.0 Å². The van der Waals surface area contributed by atoms with Gasteiger partial charge in [0.05, 0.1) is 17.7 Å². The fourth-order valence-corrected chi connectivity index (χ4v) is 3.17. The Hall–Kier alpha value is -1.31. The van der Waals surface area contributed by atoms with Gasteiger partial charge >= 0.3 is 0 Å². The molecule has 1 heterocycles. The maximum absolute atomic E-state index is 11.4. The van der Waals surface area contributed by atoms with Crippen molar-refractivity contribution in [1.82, 2.24) is 4.90 Å². The van der Waals surface area contributed by atoms with Crippen LogP contribution in [0, 0.1) is 0 Å². The van der Waals surface area contributed by atoms with Crippen molar-refractivity contribution < 1.29 is 13.2 Å². The van der Waals surface area contributed by atoms with E-state index >= 15 is 0 Å². The van der Waals surface area contributed by atoms with Gasteiger partial charge in [-0.2, -0.15) is 0 Å². The van der Waals surface area contributed by atoms with E-state index < -0.39 is 10.0 Å². The molecule has 1 aliphatic heterocycles. The third kappa shape index (κ3) is 4.09. The summed E-state index contributed by atoms with van der Waals surface area (Å²) in [5, 5.41) is 8.46. The van der Waals surface area contributed by atoms with Crippen molar-refractivity contribution in [3.63, 3.8) is 0 Å². The molecule has 0 spiro atoms. The third-order valence-corrected chi connectivity index (χ3v) is 4.86. The van der Waals surface area contributed by atoms with Crippen molar-refractivity contribution in [1.29, 1.82) is 0 Å². The molecule has 7 heteroatoms. The first-order valence-corrected chi connectivity index (χ1v) is 8.61. The Bertz CT molecular complexity index is 589. The zero-order valence-corrected chi connectivity index (χ0v) is 13.3. The van der Waals surface area contributed by atoms with E-state index in [1.165, 1.54) is 25.0 Å². The Labute approximate surface area is 126 Å². The minimum Gasteiger partial charge on any atom is -0.495 e. The van der Waals surface area contributed by atoms with Gasteiger partial charge in [0, 0.05) is 12.6 Å². The Kier molecular flexibility index (Phi) is 5.08. The molecule has 21 heavy (non-hydrogen) atoms. The van der Waals surface area contributed by atoms with Crippen molar-refractivity contribution in [3.8, 4) is 5.75 Å². The molecule has 0 bridgehead atoms. The van der Waals surface area contributed by atoms with Gasteiger partial charge in [0.1, 0.15) is 5.75 Å². The lowest BCUT2D eigenvalue weighted by Crippen LogP contribution is -2.40. The molecule has 1 unspecified atom stereocenters. The number of piperidine rings is 1. The minimum absolute atomic E-state index is 0.0859. The number of primary sulfonamides is 1. The molecule has 1 fully saturated rings. The van der Waals surface area contributed by atoms with Crippen LogP contribution in [0.4, 0.5) is 5.69 Å². The van der Waals surface area contributed by atoms with E-state index in [-0.39, 0.29) is 4.90 Å². The number of methoxy groups -OCH3 is 1. The SMILES string of the molecule is COc1ccc(S(N)(=O)=O)cc1NCC1CCCCN1C. The molecule has 0 aromatic heterocycles. The van der Waals surface area contributed by atoms with Crippen molar-refractivity contribution in [2.24, 2.45) is 5.14 Å². The lowest BCUT2D eigenvalue weighted by atomic mass is 10.0. The summed E-state index contributed by atoms with van der Waals surface area (Å²) in [4.78, 5) is 2.41. The fraction of sp³-hybridized carbons (Fsp3) is 0.571. The van der Waals surface area contributed by atoms with E-state index in [1.54, 1.807) is 13.2 Å². The van der Waals surface area contributed by atoms with Crippen molar-refractivity contribution >= 4 is 15.7 Å². The molecule has 1 aromatic carbocycles. The van der Waals surface area contributed by atoms with Crippen molar-refractivity contribution in [2.75, 3.05) is 32.6 Å². The summed E-state index contributed by atoms with van der Waals surface area (Å²) in [7, 11) is -0.0362. The number of sulfonamides is 1. The van der Waals surface area contributed by atoms with E-state index in [4.69, 9.17) is 9.88 Å². The molecule has 6 nitrogen and oxygen atoms in total. The standard InChI is InChI=1S/C14H23N3O3S/c1-17-8-4-3-5-11(17)10-16-13-9-12(21(15,18)19)6-7-14(13)20-2/h6-7,9,11,16H,3-5,8,10H2,1-2H3,(H2,15,18,19). The van der Waals surface area contributed by atoms with Gasteiger partial charge in [-0.15, -0.1) is 0 Å². The fourth-order valence-electron chi connectivity index (χ4n) is 2.63. The number of anilines is 1. The predicted molar refractivity (Wildman–Crippen MR) is 83.1 cm³/mol. The summed E-state index contributed by atoms with van der Waals surface area (Å²) in [5.74, 6) is 0.612. The summed E-state index contributed by atoms with van der Waals surface area (Å²) < 4.78 is 28.2. The Morgan fingerprint density at radius 1 is 1.43 bits per heavy atom. The summed E-state index contributed by atoms with van der Waals surface area (Å²) >= 11 is 0. The number of nitrogens with zero attached hydrogens (tertiary/aromatic N) is 1. The Balaban J connectivity index is 2.14. The second kappa shape index (κ2) is 6.64. The largest absolute Gasteiger partial charge is 0.495 e. The number of benzene rings is 1. The van der Waals surface area contributed by atoms with Gasteiger partial charge in [-0.1, -0.05) is 6.42 Å². The number of hydrogen-bond donors (Lipinski definition) is 2. The molecule has 0 amide bonds. The van der Waals surface area contributed by atoms with Crippen LogP contribution in [0.15, 0.2) is 23.1 Å². The van der Waals surface area contributed by atoms with Crippen molar-refractivity contribution in [2.45, 2.75) is 30.2 Å². The predicted octanol–water partition coefficient (Wildman–Crippen LogP) is 1.24. The molecule has 2 rings (SSSR count). The van der Waals surface area contributed by atoms with E-state index in [2.05, 4.69) is 17.3 Å². The van der Waals surface area contributed by atoms with Crippen LogP contribution >= 0.6 is 0 Å². The molecule has 1 aliphatic rings. The molecule has 1 aromatic rings. The molecule has 1 saturated heterocycles. The maximum atomic E-state index is 11.4. The molecule has 0 aliphatic carbocycles. The molecule has 0 saturated carbocycles. The first kappa shape index (κ1) is 16.1. The number of likely N-dealkylation sites (N-methyl/N-ethyl adjacent to an activating group) is 1. The van der Waals surface area contributed by atoms with E-state index in [0.717, 1.165) is 19.5 Å². The molecular formula is C14H23N3O3S. The van der Waals surface area contributed by atoms with Gasteiger partial charge in [-0.25, -0.2) is 13.6 Å². The van der Waals surface area contributed by atoms with Crippen LogP contribution in [0.2, 0.25) is 0 Å². The number of ether oxygens (including phenoxy) is 1. The highest BCUT2D eigenvalue weighted by atomic mass is 32.2. The zero-order valence-electron chi connectivity index (χ0n) is 12.5. The van der Waals surface area contributed by atoms with Gasteiger partial charge in [-0.3, -0.25) is 0 Å². The monoisotopic (exact) mass is 313 g/mol. The zero-order chi connectivity index (χ0) is 15.5. The van der Waals surface area contributed by atoms with Gasteiger partial charge < -0.3 is 15.0 Å². The van der Waals surface area contributed by atoms with Crippen LogP contribution in [0.5, 0.6) is 5.75 Å². The molecule has 3 N–H and O–H groups in total. The third-order valence-electron chi connectivity index (χ3n) is 3.95. The van der Waals surface area contributed by atoms with E-state index in [0.29, 0.717) is 17.5 Å². The van der Waals surface area contributed by atoms with E-state index in [9.17, 15) is 8.42 Å². The van der Waals surface area contributed by atoms with Gasteiger partial charge in [-0.05, 0) is 44.6 Å². The maximum Gasteiger partial charge on any atom is 0.238 e. The molecule has 118 valence electrons. The highest BCUT2D eigenvalue weighted by molar-refractivity contribution is 7.89. The number of likely N-dealkylation sites (tertiary alicyclic amines) is 1. The second-order valence-electron chi connectivity index (χ2n) is 5.42. The number of nitrogens with one attached hydrogen (secondary N) is 1. The second-order valence-corrected chi connectivity index (χ2v) is 6.98. The normalized spacial score (nSPS) is 20.2. The van der Waals surface area contributed by atoms with Gasteiger partial charge in [0.25, 0.3) is 0 Å². The summed E-state index contributed by atoms with van der Waals surface area (Å²) in [5.41, 5.74) is 0.656. The van der Waals surface area contributed by atoms with Crippen LogP contribution in [-0.2, 0) is 10.0 Å². The highest BCUT2D eigenvalue weighted by Crippen LogP contribution is 2.27. The molecular weight excluding hydrogens is 290 g/mol. The van der Waals surface area contributed by atoms with E-state index in [1.807, 2.05) is 0 Å². The Morgan fingerprint density at radius 3 is 2.81 bits per heavy atom. The molecule has 0 radical (unpaired) electrons. The number of nitrogens with two attached hydrogens (primary N) is 1. The highest BCUT2D eigenvalue weighted by Gasteiger charge is 2.19. The average Bonchev–Trinajstić information content (AvgIpc) is 2.45. The van der Waals surface area contributed by atoms with Crippen LogP contribution in [-0.4, -0.2) is 46.6 Å². The van der Waals surface area contributed by atoms with Crippen LogP contribution in [0.3, 0.4) is 0 Å². The summed E-state index contributed by atoms with van der Waals surface area (Å²) in [6.07, 6.45) is 3.60.